The van der Waals surface area contributed by atoms with Gasteiger partial charge in [-0.3, -0.25) is 4.90 Å². The third kappa shape index (κ3) is 1.62. The number of hydrogen-bond donors (Lipinski definition) is 0. The van der Waals surface area contributed by atoms with E-state index in [1.165, 1.54) is 0 Å². The first-order chi connectivity index (χ1) is 6.89. The van der Waals surface area contributed by atoms with Crippen molar-refractivity contribution in [3.63, 3.8) is 0 Å². The normalized spacial score (nSPS) is 33.5. The zero-order chi connectivity index (χ0) is 11.3. The van der Waals surface area contributed by atoms with Crippen LogP contribution in [0.2, 0.25) is 0 Å². The van der Waals surface area contributed by atoms with Gasteiger partial charge in [0.1, 0.15) is 17.4 Å². The van der Waals surface area contributed by atoms with Crippen LogP contribution in [0.1, 0.15) is 33.6 Å². The summed E-state index contributed by atoms with van der Waals surface area (Å²) in [7, 11) is 0. The Balaban J connectivity index is 2.05. The monoisotopic (exact) mass is 211 g/mol. The molecule has 1 saturated heterocycles. The average Bonchev–Trinajstić information content (AvgIpc) is 2.70. The number of carbonyl (C=O) groups is 2. The van der Waals surface area contributed by atoms with Crippen molar-refractivity contribution in [3.8, 4) is 0 Å². The molecule has 0 spiro atoms. The van der Waals surface area contributed by atoms with E-state index < -0.39 is 11.1 Å². The number of fused-ring (bicyclic) bond motifs is 1. The summed E-state index contributed by atoms with van der Waals surface area (Å²) in [5.41, 5.74) is -1.00. The minimum atomic E-state index is -0.512. The van der Waals surface area contributed by atoms with Crippen molar-refractivity contribution < 1.29 is 14.3 Å². The van der Waals surface area contributed by atoms with E-state index in [4.69, 9.17) is 4.74 Å². The highest BCUT2D eigenvalue weighted by Gasteiger charge is 2.64. The Morgan fingerprint density at radius 3 is 2.67 bits per heavy atom. The summed E-state index contributed by atoms with van der Waals surface area (Å²) in [6.07, 6.45) is 2.30. The molecule has 0 aromatic carbocycles. The average molecular weight is 211 g/mol. The first kappa shape index (κ1) is 10.5. The van der Waals surface area contributed by atoms with Crippen LogP contribution in [0.3, 0.4) is 0 Å². The van der Waals surface area contributed by atoms with E-state index in [-0.39, 0.29) is 6.09 Å². The van der Waals surface area contributed by atoms with E-state index >= 15 is 0 Å². The molecule has 0 N–H and O–H groups in total. The Labute approximate surface area is 89.6 Å². The Morgan fingerprint density at radius 1 is 1.53 bits per heavy atom. The number of aldehydes is 1. The van der Waals surface area contributed by atoms with Crippen LogP contribution < -0.4 is 0 Å². The highest BCUT2D eigenvalue weighted by Crippen LogP contribution is 2.54. The van der Waals surface area contributed by atoms with Crippen LogP contribution in [0.15, 0.2) is 0 Å². The predicted octanol–water partition coefficient (Wildman–Crippen LogP) is 1.58. The molecule has 84 valence electrons. The van der Waals surface area contributed by atoms with E-state index in [0.29, 0.717) is 12.5 Å². The van der Waals surface area contributed by atoms with Gasteiger partial charge in [0.25, 0.3) is 0 Å². The van der Waals surface area contributed by atoms with Crippen LogP contribution in [0, 0.1) is 5.92 Å². The number of nitrogens with zero attached hydrogens (tertiary/aromatic N) is 1. The zero-order valence-corrected chi connectivity index (χ0v) is 9.45. The maximum atomic E-state index is 11.8. The van der Waals surface area contributed by atoms with E-state index in [2.05, 4.69) is 0 Å². The van der Waals surface area contributed by atoms with Gasteiger partial charge in [-0.05, 0) is 39.5 Å². The molecule has 2 aliphatic rings. The number of hydrogen-bond acceptors (Lipinski definition) is 3. The van der Waals surface area contributed by atoms with E-state index in [1.807, 2.05) is 20.8 Å². The lowest BCUT2D eigenvalue weighted by Gasteiger charge is -2.28. The van der Waals surface area contributed by atoms with Crippen molar-refractivity contribution >= 4 is 12.4 Å². The SMILES string of the molecule is CC(C)(C)OC(=O)N1CCC2CC21C=O. The molecule has 15 heavy (non-hydrogen) atoms. The van der Waals surface area contributed by atoms with Crippen LogP contribution >= 0.6 is 0 Å². The van der Waals surface area contributed by atoms with E-state index in [0.717, 1.165) is 19.1 Å². The van der Waals surface area contributed by atoms with Gasteiger partial charge >= 0.3 is 6.09 Å². The topological polar surface area (TPSA) is 46.6 Å². The molecule has 2 rings (SSSR count). The van der Waals surface area contributed by atoms with Gasteiger partial charge in [0.2, 0.25) is 0 Å². The summed E-state index contributed by atoms with van der Waals surface area (Å²) in [6.45, 7) is 6.15. The molecule has 2 fully saturated rings. The zero-order valence-electron chi connectivity index (χ0n) is 9.45. The lowest BCUT2D eigenvalue weighted by Crippen LogP contribution is -2.44. The summed E-state index contributed by atoms with van der Waals surface area (Å²) in [5.74, 6) is 0.377. The molecule has 0 bridgehead atoms. The minimum absolute atomic E-state index is 0.352. The smallest absolute Gasteiger partial charge is 0.411 e. The van der Waals surface area contributed by atoms with Gasteiger partial charge in [0.15, 0.2) is 0 Å². The molecule has 1 aliphatic carbocycles. The summed E-state index contributed by atoms with van der Waals surface area (Å²) < 4.78 is 5.27. The predicted molar refractivity (Wildman–Crippen MR) is 54.5 cm³/mol. The molecule has 2 atom stereocenters. The maximum Gasteiger partial charge on any atom is 0.411 e. The summed E-state index contributed by atoms with van der Waals surface area (Å²) in [5, 5.41) is 0. The van der Waals surface area contributed by atoms with Crippen LogP contribution in [0.25, 0.3) is 0 Å². The minimum Gasteiger partial charge on any atom is -0.444 e. The first-order valence-electron chi connectivity index (χ1n) is 5.36. The highest BCUT2D eigenvalue weighted by molar-refractivity contribution is 5.81. The summed E-state index contributed by atoms with van der Waals surface area (Å²) >= 11 is 0. The van der Waals surface area contributed by atoms with E-state index in [1.54, 1.807) is 4.90 Å². The molecular weight excluding hydrogens is 194 g/mol. The van der Waals surface area contributed by atoms with Gasteiger partial charge in [-0.15, -0.1) is 0 Å². The molecule has 1 aliphatic heterocycles. The Morgan fingerprint density at radius 2 is 2.20 bits per heavy atom. The largest absolute Gasteiger partial charge is 0.444 e. The maximum absolute atomic E-state index is 11.8. The van der Waals surface area contributed by atoms with Crippen molar-refractivity contribution in [1.29, 1.82) is 0 Å². The third-order valence-electron chi connectivity index (χ3n) is 3.14. The highest BCUT2D eigenvalue weighted by atomic mass is 16.6. The number of carbonyl (C=O) groups excluding carboxylic acids is 2. The molecule has 0 aromatic rings. The van der Waals surface area contributed by atoms with Crippen LogP contribution in [0.4, 0.5) is 4.79 Å². The summed E-state index contributed by atoms with van der Waals surface area (Å²) in [6, 6.07) is 0. The molecule has 4 heteroatoms. The second-order valence-corrected chi connectivity index (χ2v) is 5.43. The van der Waals surface area contributed by atoms with Gasteiger partial charge in [-0.2, -0.15) is 0 Å². The fourth-order valence-corrected chi connectivity index (χ4v) is 2.30. The Bertz CT molecular complexity index is 307. The molecule has 1 heterocycles. The second kappa shape index (κ2) is 2.97. The fourth-order valence-electron chi connectivity index (χ4n) is 2.30. The van der Waals surface area contributed by atoms with Crippen molar-refractivity contribution in [2.24, 2.45) is 5.92 Å². The lowest BCUT2D eigenvalue weighted by atomic mass is 10.2. The first-order valence-corrected chi connectivity index (χ1v) is 5.36. The molecule has 4 nitrogen and oxygen atoms in total. The van der Waals surface area contributed by atoms with Crippen molar-refractivity contribution in [3.05, 3.63) is 0 Å². The van der Waals surface area contributed by atoms with Crippen molar-refractivity contribution in [2.75, 3.05) is 6.54 Å². The van der Waals surface area contributed by atoms with Crippen molar-refractivity contribution in [1.82, 2.24) is 4.90 Å². The molecule has 0 aromatic heterocycles. The number of ether oxygens (including phenoxy) is 1. The second-order valence-electron chi connectivity index (χ2n) is 5.43. The number of piperidine rings is 1. The van der Waals surface area contributed by atoms with Gasteiger partial charge in [-0.25, -0.2) is 4.79 Å². The van der Waals surface area contributed by atoms with Crippen LogP contribution in [0.5, 0.6) is 0 Å². The van der Waals surface area contributed by atoms with E-state index in [9.17, 15) is 9.59 Å². The third-order valence-corrected chi connectivity index (χ3v) is 3.14. The van der Waals surface area contributed by atoms with Gasteiger partial charge in [-0.1, -0.05) is 0 Å². The van der Waals surface area contributed by atoms with Gasteiger partial charge in [0.05, 0.1) is 0 Å². The number of amides is 1. The van der Waals surface area contributed by atoms with Gasteiger partial charge in [0, 0.05) is 6.54 Å². The Kier molecular flexibility index (Phi) is 2.07. The number of likely N-dealkylation sites (tertiary alicyclic amines) is 1. The number of rotatable bonds is 1. The van der Waals surface area contributed by atoms with Gasteiger partial charge < -0.3 is 9.53 Å². The summed E-state index contributed by atoms with van der Waals surface area (Å²) in [4.78, 5) is 24.4. The van der Waals surface area contributed by atoms with Crippen LogP contribution in [-0.4, -0.2) is 35.0 Å². The van der Waals surface area contributed by atoms with Crippen LogP contribution in [-0.2, 0) is 9.53 Å². The van der Waals surface area contributed by atoms with Crippen molar-refractivity contribution in [2.45, 2.75) is 44.8 Å². The molecule has 1 amide bonds. The molecule has 1 saturated carbocycles. The molecule has 2 unspecified atom stereocenters. The standard InChI is InChI=1S/C11H17NO3/c1-10(2,3)15-9(14)12-5-4-8-6-11(8,12)7-13/h7-8H,4-6H2,1-3H3. The fraction of sp³-hybridized carbons (Fsp3) is 0.818. The quantitative estimate of drug-likeness (QED) is 0.619. The Hall–Kier alpha value is -1.06. The molecule has 0 radical (unpaired) electrons. The molecular formula is C11H17NO3. The lowest BCUT2D eigenvalue weighted by molar-refractivity contribution is -0.113.